The van der Waals surface area contributed by atoms with Crippen LogP contribution in [0.4, 0.5) is 0 Å². The lowest BCUT2D eigenvalue weighted by molar-refractivity contribution is -0.169. The molecule has 3 unspecified atom stereocenters. The molecule has 5 saturated heterocycles. The fourth-order valence-electron chi connectivity index (χ4n) is 12.0. The number of carbonyl (C=O) groups is 8. The second-order valence-corrected chi connectivity index (χ2v) is 19.2. The summed E-state index contributed by atoms with van der Waals surface area (Å²) in [6.45, 7) is 3.06. The van der Waals surface area contributed by atoms with Crippen molar-refractivity contribution in [3.63, 3.8) is 0 Å². The predicted octanol–water partition coefficient (Wildman–Crippen LogP) is 3.51. The van der Waals surface area contributed by atoms with Crippen molar-refractivity contribution in [1.82, 2.24) is 30.7 Å². The number of amides is 6. The van der Waals surface area contributed by atoms with Crippen molar-refractivity contribution in [3.05, 3.63) is 96.1 Å². The Hall–Kier alpha value is -6.44. The fraction of sp³-hybridized carbons (Fsp3) is 0.440. The van der Waals surface area contributed by atoms with Crippen LogP contribution in [-0.4, -0.2) is 110 Å². The summed E-state index contributed by atoms with van der Waals surface area (Å²) in [5, 5.41) is 12.7. The van der Waals surface area contributed by atoms with Crippen molar-refractivity contribution < 1.29 is 38.4 Å². The third-order valence-electron chi connectivity index (χ3n) is 15.3. The second kappa shape index (κ2) is 15.4. The molecule has 0 aromatic heterocycles. The first-order valence-corrected chi connectivity index (χ1v) is 22.6. The molecule has 5 heterocycles. The average molecular weight is 865 g/mol. The Labute approximate surface area is 370 Å². The summed E-state index contributed by atoms with van der Waals surface area (Å²) in [6, 6.07) is 23.8. The molecule has 1 aliphatic carbocycles. The molecular formula is C50H52N6O8. The molecule has 0 bridgehead atoms. The Morgan fingerprint density at radius 3 is 2.14 bits per heavy atom. The van der Waals surface area contributed by atoms with E-state index in [9.17, 15) is 28.8 Å². The first kappa shape index (κ1) is 41.6. The van der Waals surface area contributed by atoms with E-state index in [1.807, 2.05) is 91.9 Å². The van der Waals surface area contributed by atoms with E-state index in [1.165, 1.54) is 16.7 Å². The van der Waals surface area contributed by atoms with E-state index in [4.69, 9.17) is 0 Å². The molecule has 6 aliphatic rings. The number of carbonyl (C=O) groups excluding carboxylic acids is 8. The van der Waals surface area contributed by atoms with Crippen LogP contribution < -0.4 is 16.0 Å². The third kappa shape index (κ3) is 6.50. The molecule has 1 saturated carbocycles. The number of hydrogen-bond donors (Lipinski definition) is 3. The van der Waals surface area contributed by atoms with Gasteiger partial charge in [-0.25, -0.2) is 0 Å². The SMILES string of the molecule is CCCC1NC(=O)[C@]2(CC1=O)CC1C(=O)N[C@]3(CC4C(=O)N(Cc5cccc6ccccc56)[C@@]5(CC[C@H](C(=O)N[C@@H](Cc6cccc7ccccc67)C(C)=O)C5)C(=O)N4C3)C(=O)N1C2. The van der Waals surface area contributed by atoms with Crippen LogP contribution in [0.1, 0.15) is 76.3 Å². The van der Waals surface area contributed by atoms with Crippen molar-refractivity contribution >= 4 is 68.6 Å². The maximum atomic E-state index is 15.4. The van der Waals surface area contributed by atoms with Gasteiger partial charge < -0.3 is 30.7 Å². The molecule has 10 rings (SSSR count). The molecule has 6 amide bonds. The van der Waals surface area contributed by atoms with E-state index in [0.717, 1.165) is 32.7 Å². The van der Waals surface area contributed by atoms with Gasteiger partial charge in [0.1, 0.15) is 23.2 Å². The van der Waals surface area contributed by atoms with Gasteiger partial charge in [0.15, 0.2) is 11.6 Å². The number of piperazine rings is 2. The molecule has 3 spiro atoms. The largest absolute Gasteiger partial charge is 0.346 e. The number of Topliss-reactive ketones (excluding diaryl/α,β-unsaturated/α-hetero) is 2. The molecule has 330 valence electrons. The van der Waals surface area contributed by atoms with Crippen LogP contribution in [0.3, 0.4) is 0 Å². The van der Waals surface area contributed by atoms with E-state index in [2.05, 4.69) is 16.0 Å². The Kier molecular flexibility index (Phi) is 9.99. The zero-order valence-electron chi connectivity index (χ0n) is 36.1. The van der Waals surface area contributed by atoms with Gasteiger partial charge in [0.05, 0.1) is 24.0 Å². The second-order valence-electron chi connectivity index (χ2n) is 19.2. The molecule has 8 atom stereocenters. The van der Waals surface area contributed by atoms with Gasteiger partial charge in [0.25, 0.3) is 5.91 Å². The molecule has 3 N–H and O–H groups in total. The summed E-state index contributed by atoms with van der Waals surface area (Å²) < 4.78 is 0. The number of benzene rings is 4. The van der Waals surface area contributed by atoms with Crippen LogP contribution in [0.5, 0.6) is 0 Å². The van der Waals surface area contributed by atoms with E-state index in [-0.39, 0.29) is 93.9 Å². The lowest BCUT2D eigenvalue weighted by atomic mass is 9.75. The zero-order valence-corrected chi connectivity index (χ0v) is 36.1. The lowest BCUT2D eigenvalue weighted by Gasteiger charge is -2.49. The number of rotatable bonds is 9. The van der Waals surface area contributed by atoms with E-state index in [1.54, 1.807) is 4.90 Å². The van der Waals surface area contributed by atoms with E-state index in [0.29, 0.717) is 12.8 Å². The quantitative estimate of drug-likeness (QED) is 0.229. The van der Waals surface area contributed by atoms with Crippen molar-refractivity contribution in [1.29, 1.82) is 0 Å². The van der Waals surface area contributed by atoms with Crippen LogP contribution >= 0.6 is 0 Å². The zero-order chi connectivity index (χ0) is 44.7. The number of nitrogens with zero attached hydrogens (tertiary/aromatic N) is 3. The third-order valence-corrected chi connectivity index (χ3v) is 15.3. The first-order valence-electron chi connectivity index (χ1n) is 22.6. The maximum absolute atomic E-state index is 15.4. The minimum Gasteiger partial charge on any atom is -0.346 e. The molecule has 5 aliphatic heterocycles. The Morgan fingerprint density at radius 2 is 1.44 bits per heavy atom. The minimum atomic E-state index is -1.64. The Balaban J connectivity index is 0.945. The highest BCUT2D eigenvalue weighted by Crippen LogP contribution is 2.50. The smallest absolute Gasteiger partial charge is 0.251 e. The highest BCUT2D eigenvalue weighted by molar-refractivity contribution is 6.08. The maximum Gasteiger partial charge on any atom is 0.251 e. The number of ketones is 2. The Morgan fingerprint density at radius 1 is 0.781 bits per heavy atom. The summed E-state index contributed by atoms with van der Waals surface area (Å²) in [5.74, 6) is -3.53. The number of hydrogen-bond acceptors (Lipinski definition) is 8. The van der Waals surface area contributed by atoms with Crippen LogP contribution in [0, 0.1) is 11.3 Å². The van der Waals surface area contributed by atoms with Crippen LogP contribution in [-0.2, 0) is 51.3 Å². The summed E-state index contributed by atoms with van der Waals surface area (Å²) in [6.07, 6.45) is 1.69. The highest BCUT2D eigenvalue weighted by atomic mass is 16.2. The summed E-state index contributed by atoms with van der Waals surface area (Å²) in [5.41, 5.74) is -2.63. The normalized spacial score (nSPS) is 30.4. The minimum absolute atomic E-state index is 0.000124. The monoisotopic (exact) mass is 864 g/mol. The van der Waals surface area contributed by atoms with Crippen LogP contribution in [0.2, 0.25) is 0 Å². The van der Waals surface area contributed by atoms with Crippen molar-refractivity contribution in [3.8, 4) is 0 Å². The predicted molar refractivity (Wildman–Crippen MR) is 235 cm³/mol. The molecule has 64 heavy (non-hydrogen) atoms. The lowest BCUT2D eigenvalue weighted by Crippen LogP contribution is -2.70. The number of piperidine rings is 1. The summed E-state index contributed by atoms with van der Waals surface area (Å²) >= 11 is 0. The molecular weight excluding hydrogens is 813 g/mol. The standard InChI is InChI=1S/C50H52N6O8/c1-3-10-37-41(58)25-48(45(62)52-37)23-39-43(60)53-49(46(63)54(39)27-48)24-40-44(61)56(26-34-16-9-14-31-12-5-7-18-36(31)34)50(47(64)55(40)28-49)20-19-33(22-50)42(59)51-38(29(2)57)21-32-15-8-13-30-11-4-6-17-35(30)32/h4-9,11-18,33,37-40H,3,10,19-28H2,1-2H3,(H,51,59)(H,52,62)(H,53,60)/t33-,37?,38-,39?,40?,48-,49-,50+/m0/s1. The van der Waals surface area contributed by atoms with Crippen LogP contribution in [0.15, 0.2) is 84.9 Å². The molecule has 0 radical (unpaired) electrons. The molecule has 14 nitrogen and oxygen atoms in total. The van der Waals surface area contributed by atoms with Gasteiger partial charge in [0, 0.05) is 38.3 Å². The molecule has 14 heteroatoms. The van der Waals surface area contributed by atoms with Gasteiger partial charge in [-0.3, -0.25) is 38.4 Å². The number of fused-ring (bicyclic) bond motifs is 4. The van der Waals surface area contributed by atoms with E-state index >= 15 is 9.59 Å². The number of nitrogens with one attached hydrogen (secondary N) is 3. The first-order chi connectivity index (χ1) is 30.8. The molecule has 4 aromatic rings. The van der Waals surface area contributed by atoms with Crippen molar-refractivity contribution in [2.24, 2.45) is 11.3 Å². The topological polar surface area (TPSA) is 182 Å². The van der Waals surface area contributed by atoms with Gasteiger partial charge in [-0.05, 0) is 71.7 Å². The molecule has 6 fully saturated rings. The van der Waals surface area contributed by atoms with Gasteiger partial charge in [-0.2, -0.15) is 0 Å². The van der Waals surface area contributed by atoms with E-state index < -0.39 is 64.3 Å². The summed E-state index contributed by atoms with van der Waals surface area (Å²) in [7, 11) is 0. The fourth-order valence-corrected chi connectivity index (χ4v) is 12.0. The van der Waals surface area contributed by atoms with Crippen molar-refractivity contribution in [2.75, 3.05) is 13.1 Å². The van der Waals surface area contributed by atoms with Crippen molar-refractivity contribution in [2.45, 2.75) is 113 Å². The van der Waals surface area contributed by atoms with Gasteiger partial charge in [0.2, 0.25) is 29.5 Å². The van der Waals surface area contributed by atoms with Crippen LogP contribution in [0.25, 0.3) is 21.5 Å². The van der Waals surface area contributed by atoms with Gasteiger partial charge >= 0.3 is 0 Å². The van der Waals surface area contributed by atoms with Gasteiger partial charge in [-0.1, -0.05) is 98.3 Å². The Bertz CT molecular complexity index is 2690. The summed E-state index contributed by atoms with van der Waals surface area (Å²) in [4.78, 5) is 118. The average Bonchev–Trinajstić information content (AvgIpc) is 4.02. The molecule has 4 aromatic carbocycles. The highest BCUT2D eigenvalue weighted by Gasteiger charge is 2.69. The van der Waals surface area contributed by atoms with Gasteiger partial charge in [-0.15, -0.1) is 0 Å².